The van der Waals surface area contributed by atoms with E-state index in [1.807, 2.05) is 24.4 Å². The van der Waals surface area contributed by atoms with Crippen LogP contribution in [0.25, 0.3) is 117 Å². The van der Waals surface area contributed by atoms with E-state index < -0.39 is 0 Å². The molecule has 0 aliphatic carbocycles. The van der Waals surface area contributed by atoms with Gasteiger partial charge in [0.1, 0.15) is 5.82 Å². The number of benzene rings is 9. The smallest absolute Gasteiger partial charge is 0.268 e. The van der Waals surface area contributed by atoms with Crippen LogP contribution in [0.2, 0.25) is 0 Å². The van der Waals surface area contributed by atoms with Crippen LogP contribution in [0.1, 0.15) is 26.3 Å². The van der Waals surface area contributed by atoms with Crippen LogP contribution in [-0.4, -0.2) is 14.1 Å². The molecule has 0 unspecified atom stereocenters. The van der Waals surface area contributed by atoms with Gasteiger partial charge in [-0.25, -0.2) is 4.98 Å². The molecule has 5 heterocycles. The molecule has 0 fully saturated rings. The fourth-order valence-electron chi connectivity index (χ4n) is 11.0. The first-order valence-corrected chi connectivity index (χ1v) is 23.5. The Labute approximate surface area is 420 Å². The Morgan fingerprint density at radius 2 is 1.01 bits per heavy atom. The number of nitrogens with zero attached hydrogens (tertiary/aromatic N) is 4. The van der Waals surface area contributed by atoms with Crippen molar-refractivity contribution >= 4 is 32.8 Å². The van der Waals surface area contributed by atoms with Crippen LogP contribution in [0.3, 0.4) is 0 Å². The third kappa shape index (κ3) is 6.35. The zero-order valence-electron chi connectivity index (χ0n) is 38.6. The first kappa shape index (κ1) is 42.0. The summed E-state index contributed by atoms with van der Waals surface area (Å²) in [4.78, 5) is 4.89. The molecule has 3 aromatic heterocycles. The summed E-state index contributed by atoms with van der Waals surface area (Å²) in [6, 6.07) is 77.1. The molecule has 12 aromatic rings. The predicted octanol–water partition coefficient (Wildman–Crippen LogP) is 15.5. The van der Waals surface area contributed by atoms with E-state index in [1.54, 1.807) is 0 Å². The van der Waals surface area contributed by atoms with Crippen molar-refractivity contribution in [2.75, 3.05) is 0 Å². The maximum absolute atomic E-state index is 6.76. The number of pyridine rings is 1. The van der Waals surface area contributed by atoms with Crippen molar-refractivity contribution in [3.8, 4) is 95.5 Å². The van der Waals surface area contributed by atoms with E-state index in [0.29, 0.717) is 11.5 Å². The first-order valence-electron chi connectivity index (χ1n) is 23.5. The van der Waals surface area contributed by atoms with Gasteiger partial charge in [-0.05, 0) is 107 Å². The summed E-state index contributed by atoms with van der Waals surface area (Å²) < 4.78 is 13.4. The van der Waals surface area contributed by atoms with Crippen LogP contribution in [0, 0.1) is 18.5 Å². The Bertz CT molecular complexity index is 4110. The monoisotopic (exact) mass is 1080 g/mol. The Morgan fingerprint density at radius 1 is 0.486 bits per heavy atom. The Kier molecular flexibility index (Phi) is 9.60. The molecule has 2 aliphatic heterocycles. The second-order valence-corrected chi connectivity index (χ2v) is 19.1. The van der Waals surface area contributed by atoms with Gasteiger partial charge >= 0.3 is 0 Å². The van der Waals surface area contributed by atoms with Gasteiger partial charge in [-0.2, -0.15) is 18.2 Å². The Hall–Kier alpha value is -8.11. The maximum atomic E-state index is 6.76. The summed E-state index contributed by atoms with van der Waals surface area (Å²) in [6.45, 7) is 6.69. The van der Waals surface area contributed by atoms with Gasteiger partial charge in [0.05, 0.1) is 16.7 Å². The van der Waals surface area contributed by atoms with E-state index in [-0.39, 0.29) is 26.5 Å². The second kappa shape index (κ2) is 16.0. The Balaban J connectivity index is 0.00000480. The molecule has 0 atom stereocenters. The summed E-state index contributed by atoms with van der Waals surface area (Å²) in [6.07, 6.45) is 5.85. The van der Waals surface area contributed by atoms with Crippen LogP contribution < -0.4 is 9.30 Å². The predicted molar refractivity (Wildman–Crippen MR) is 278 cm³/mol. The molecule has 336 valence electrons. The number of imidazole rings is 1. The van der Waals surface area contributed by atoms with Crippen molar-refractivity contribution in [1.82, 2.24) is 14.1 Å². The van der Waals surface area contributed by atoms with Crippen LogP contribution >= 0.6 is 0 Å². The Morgan fingerprint density at radius 3 is 1.69 bits per heavy atom. The van der Waals surface area contributed by atoms with Gasteiger partial charge in [-0.1, -0.05) is 172 Å². The molecule has 2 bridgehead atoms. The van der Waals surface area contributed by atoms with E-state index in [4.69, 9.17) is 9.72 Å². The number of hydrogen-bond donors (Lipinski definition) is 0. The van der Waals surface area contributed by atoms with E-state index in [2.05, 4.69) is 229 Å². The van der Waals surface area contributed by atoms with Crippen molar-refractivity contribution in [3.05, 3.63) is 224 Å². The zero-order chi connectivity index (χ0) is 46.0. The van der Waals surface area contributed by atoms with Crippen LogP contribution in [0.4, 0.5) is 0 Å². The molecule has 70 heavy (non-hydrogen) atoms. The van der Waals surface area contributed by atoms with Crippen molar-refractivity contribution in [2.45, 2.75) is 26.2 Å². The minimum Gasteiger partial charge on any atom is -0.510 e. The zero-order valence-corrected chi connectivity index (χ0v) is 40.8. The second-order valence-electron chi connectivity index (χ2n) is 19.1. The minimum atomic E-state index is -0.0373. The van der Waals surface area contributed by atoms with E-state index in [9.17, 15) is 0 Å². The van der Waals surface area contributed by atoms with Gasteiger partial charge < -0.3 is 13.9 Å². The van der Waals surface area contributed by atoms with Crippen LogP contribution in [0.5, 0.6) is 11.5 Å². The molecular formula is C64H42N4OPt-2. The van der Waals surface area contributed by atoms with Crippen LogP contribution in [-0.2, 0) is 26.5 Å². The van der Waals surface area contributed by atoms with E-state index >= 15 is 0 Å². The minimum absolute atomic E-state index is 0. The van der Waals surface area contributed by atoms with Crippen LogP contribution in [0.15, 0.2) is 200 Å². The molecule has 6 heteroatoms. The molecule has 0 saturated heterocycles. The van der Waals surface area contributed by atoms with E-state index in [0.717, 1.165) is 72.3 Å². The average Bonchev–Trinajstić information content (AvgIpc) is 3.94. The van der Waals surface area contributed by atoms with E-state index in [1.165, 1.54) is 50.1 Å². The third-order valence-corrected chi connectivity index (χ3v) is 14.1. The van der Waals surface area contributed by atoms with Gasteiger partial charge in [0, 0.05) is 44.3 Å². The normalized spacial score (nSPS) is 12.1. The average molecular weight is 1080 g/mol. The number of ether oxygens (including phenoxy) is 1. The summed E-state index contributed by atoms with van der Waals surface area (Å²) >= 11 is 0. The number of rotatable bonds is 4. The summed E-state index contributed by atoms with van der Waals surface area (Å²) in [7, 11) is 0. The van der Waals surface area contributed by atoms with Gasteiger partial charge in [0.25, 0.3) is 6.33 Å². The molecule has 0 radical (unpaired) electrons. The van der Waals surface area contributed by atoms with Crippen molar-refractivity contribution in [3.63, 3.8) is 0 Å². The van der Waals surface area contributed by atoms with Crippen molar-refractivity contribution < 1.29 is 30.4 Å². The summed E-state index contributed by atoms with van der Waals surface area (Å²) in [5, 5.41) is 2.22. The molecule has 0 N–H and O–H groups in total. The number of fused-ring (bicyclic) bond motifs is 11. The van der Waals surface area contributed by atoms with Gasteiger partial charge in [-0.15, -0.1) is 29.7 Å². The van der Waals surface area contributed by atoms with Gasteiger partial charge in [0.2, 0.25) is 0 Å². The van der Waals surface area contributed by atoms with Crippen molar-refractivity contribution in [2.24, 2.45) is 0 Å². The largest absolute Gasteiger partial charge is 0.510 e. The molecule has 5 nitrogen and oxygen atoms in total. The summed E-state index contributed by atoms with van der Waals surface area (Å²) in [5.41, 5.74) is 21.1. The molecule has 2 aliphatic rings. The quantitative estimate of drug-likeness (QED) is 0.130. The number of hydrogen-bond acceptors (Lipinski definition) is 2. The molecule has 0 amide bonds. The fraction of sp³-hybridized carbons (Fsp3) is 0.0625. The number of aromatic nitrogens is 4. The topological polar surface area (TPSA) is 35.9 Å². The maximum Gasteiger partial charge on any atom is 0.268 e. The van der Waals surface area contributed by atoms with Crippen molar-refractivity contribution in [1.29, 1.82) is 0 Å². The molecule has 0 spiro atoms. The molecule has 9 aromatic carbocycles. The standard InChI is InChI=1S/C64H42N4O.Pt/c1-64(2,3)40-34-35-65-60(36-40)68-57-30-11-10-24-50(57)51-33-32-43(38-59(51)68)69-42-17-12-16-41(37-42)66-39-67-62-54-27-14-28-55(62)49-23-9-7-21-47(49)53-26-13-25-52(61(53)56-29-15-31-58(66)63(56)67)46-20-6-4-18-44(46)45-19-5-8-22-48(45)54;/h4-36H,1-3H3;/q-2;. The molecule has 0 saturated carbocycles. The molecule has 14 rings (SSSR count). The molecular weight excluding hydrogens is 1040 g/mol. The third-order valence-electron chi connectivity index (χ3n) is 14.1. The first-order chi connectivity index (χ1) is 33.9. The fourth-order valence-corrected chi connectivity index (χ4v) is 11.0. The summed E-state index contributed by atoms with van der Waals surface area (Å²) in [5.74, 6) is 2.00. The number of para-hydroxylation sites is 3. The van der Waals surface area contributed by atoms with Gasteiger partial charge in [0.15, 0.2) is 0 Å². The van der Waals surface area contributed by atoms with Gasteiger partial charge in [-0.3, -0.25) is 4.57 Å². The SMILES string of the molecule is CC(C)(C)c1ccnc(-n2c3[c-]c(Oc4[c-]c(-n5[c-][n+]6c7c(cccc75)-c5c7cccc5-c5ccccc5-c5cccc(c5-6)-c5ccccc5-c5ccccc5-7)ccc4)ccc3c3ccccc32)c1.[Pt].